The second-order valence-electron chi connectivity index (χ2n) is 6.30. The Morgan fingerprint density at radius 2 is 1.84 bits per heavy atom. The van der Waals surface area contributed by atoms with E-state index < -0.39 is 0 Å². The van der Waals surface area contributed by atoms with Gasteiger partial charge in [0.15, 0.2) is 0 Å². The van der Waals surface area contributed by atoms with E-state index in [-0.39, 0.29) is 5.56 Å². The van der Waals surface area contributed by atoms with Crippen LogP contribution in [0.25, 0.3) is 21.3 Å². The van der Waals surface area contributed by atoms with Gasteiger partial charge in [-0.2, -0.15) is 0 Å². The van der Waals surface area contributed by atoms with Crippen molar-refractivity contribution in [3.63, 3.8) is 0 Å². The summed E-state index contributed by atoms with van der Waals surface area (Å²) in [5.74, 6) is 0.706. The third kappa shape index (κ3) is 3.01. The first-order valence-corrected chi connectivity index (χ1v) is 9.12. The molecule has 3 nitrogen and oxygen atoms in total. The molecule has 4 heteroatoms. The van der Waals surface area contributed by atoms with Gasteiger partial charge in [-0.05, 0) is 36.1 Å². The van der Waals surface area contributed by atoms with E-state index in [1.54, 1.807) is 0 Å². The monoisotopic (exact) mass is 346 g/mol. The Kier molecular flexibility index (Phi) is 3.98. The molecule has 1 N–H and O–H groups in total. The van der Waals surface area contributed by atoms with Crippen LogP contribution in [0.5, 0.6) is 0 Å². The summed E-state index contributed by atoms with van der Waals surface area (Å²) >= 11 is 1.53. The third-order valence-electron chi connectivity index (χ3n) is 4.53. The molecule has 25 heavy (non-hydrogen) atoms. The summed E-state index contributed by atoms with van der Waals surface area (Å²) in [7, 11) is 0. The molecule has 0 saturated heterocycles. The Bertz CT molecular complexity index is 1110. The Hall–Kier alpha value is -2.72. The van der Waals surface area contributed by atoms with Crippen molar-refractivity contribution in [1.29, 1.82) is 0 Å². The number of aromatic amines is 1. The SMILES string of the molecule is Cc1ccc(-c2csc3nc(Cc4ccccc4)[nH]c(=O)c23)cc1C. The molecule has 0 amide bonds. The first-order chi connectivity index (χ1) is 12.1. The molecule has 4 rings (SSSR count). The average molecular weight is 346 g/mol. The zero-order valence-corrected chi connectivity index (χ0v) is 15.0. The Labute approximate surface area is 150 Å². The van der Waals surface area contributed by atoms with E-state index in [1.165, 1.54) is 22.5 Å². The van der Waals surface area contributed by atoms with Crippen LogP contribution in [0.1, 0.15) is 22.5 Å². The van der Waals surface area contributed by atoms with Gasteiger partial charge in [0.2, 0.25) is 0 Å². The van der Waals surface area contributed by atoms with Crippen LogP contribution >= 0.6 is 11.3 Å². The summed E-state index contributed by atoms with van der Waals surface area (Å²) in [6.45, 7) is 4.18. The number of nitrogens with zero attached hydrogens (tertiary/aromatic N) is 1. The van der Waals surface area contributed by atoms with E-state index in [4.69, 9.17) is 0 Å². The number of hydrogen-bond acceptors (Lipinski definition) is 3. The quantitative estimate of drug-likeness (QED) is 0.576. The maximum atomic E-state index is 12.7. The molecule has 0 spiro atoms. The fourth-order valence-corrected chi connectivity index (χ4v) is 3.95. The van der Waals surface area contributed by atoms with Gasteiger partial charge in [0.05, 0.1) is 5.39 Å². The van der Waals surface area contributed by atoms with Crippen LogP contribution in [-0.4, -0.2) is 9.97 Å². The maximum absolute atomic E-state index is 12.7. The van der Waals surface area contributed by atoms with Crippen molar-refractivity contribution in [3.05, 3.63) is 86.8 Å². The van der Waals surface area contributed by atoms with Crippen LogP contribution in [0.15, 0.2) is 58.7 Å². The van der Waals surface area contributed by atoms with Gasteiger partial charge in [-0.15, -0.1) is 11.3 Å². The molecule has 0 atom stereocenters. The average Bonchev–Trinajstić information content (AvgIpc) is 3.03. The van der Waals surface area contributed by atoms with E-state index in [9.17, 15) is 4.79 Å². The van der Waals surface area contributed by atoms with Crippen LogP contribution in [0.3, 0.4) is 0 Å². The minimum absolute atomic E-state index is 0.0644. The molecule has 0 aliphatic heterocycles. The molecule has 2 heterocycles. The first-order valence-electron chi connectivity index (χ1n) is 8.24. The van der Waals surface area contributed by atoms with E-state index in [0.29, 0.717) is 17.6 Å². The number of fused-ring (bicyclic) bond motifs is 1. The van der Waals surface area contributed by atoms with Crippen molar-refractivity contribution in [3.8, 4) is 11.1 Å². The van der Waals surface area contributed by atoms with Gasteiger partial charge in [0, 0.05) is 17.4 Å². The fraction of sp³-hybridized carbons (Fsp3) is 0.143. The van der Waals surface area contributed by atoms with Gasteiger partial charge < -0.3 is 4.98 Å². The summed E-state index contributed by atoms with van der Waals surface area (Å²) in [5.41, 5.74) is 5.57. The summed E-state index contributed by atoms with van der Waals surface area (Å²) in [4.78, 5) is 21.1. The molecule has 0 aliphatic rings. The molecular formula is C21H18N2OS. The first kappa shape index (κ1) is 15.8. The highest BCUT2D eigenvalue weighted by atomic mass is 32.1. The number of aromatic nitrogens is 2. The molecule has 0 aliphatic carbocycles. The Morgan fingerprint density at radius 1 is 1.04 bits per heavy atom. The topological polar surface area (TPSA) is 45.8 Å². The summed E-state index contributed by atoms with van der Waals surface area (Å²) in [6.07, 6.45) is 0.628. The van der Waals surface area contributed by atoms with Gasteiger partial charge in [0.1, 0.15) is 10.7 Å². The van der Waals surface area contributed by atoms with Gasteiger partial charge in [-0.25, -0.2) is 4.98 Å². The molecule has 0 bridgehead atoms. The lowest BCUT2D eigenvalue weighted by Gasteiger charge is -2.05. The van der Waals surface area contributed by atoms with Crippen LogP contribution in [0, 0.1) is 13.8 Å². The van der Waals surface area contributed by atoms with Crippen LogP contribution < -0.4 is 5.56 Å². The number of H-pyrrole nitrogens is 1. The number of thiophene rings is 1. The summed E-state index contributed by atoms with van der Waals surface area (Å²) in [5, 5.41) is 2.72. The van der Waals surface area contributed by atoms with Crippen molar-refractivity contribution in [2.24, 2.45) is 0 Å². The van der Waals surface area contributed by atoms with Gasteiger partial charge in [-0.3, -0.25) is 4.79 Å². The molecular weight excluding hydrogens is 328 g/mol. The highest BCUT2D eigenvalue weighted by molar-refractivity contribution is 7.17. The van der Waals surface area contributed by atoms with Crippen LogP contribution in [0.2, 0.25) is 0 Å². The third-order valence-corrected chi connectivity index (χ3v) is 5.40. The smallest absolute Gasteiger partial charge is 0.260 e. The molecule has 4 aromatic rings. The van der Waals surface area contributed by atoms with Crippen molar-refractivity contribution in [2.75, 3.05) is 0 Å². The lowest BCUT2D eigenvalue weighted by molar-refractivity contribution is 0.977. The molecule has 2 aromatic carbocycles. The Balaban J connectivity index is 1.79. The molecule has 124 valence electrons. The summed E-state index contributed by atoms with van der Waals surface area (Å²) < 4.78 is 0. The zero-order chi connectivity index (χ0) is 17.4. The largest absolute Gasteiger partial charge is 0.310 e. The predicted molar refractivity (Wildman–Crippen MR) is 104 cm³/mol. The standard InChI is InChI=1S/C21H18N2OS/c1-13-8-9-16(10-14(13)2)17-12-25-21-19(17)20(24)22-18(23-21)11-15-6-4-3-5-7-15/h3-10,12H,11H2,1-2H3,(H,22,23,24). The second kappa shape index (κ2) is 6.30. The van der Waals surface area contributed by atoms with E-state index in [1.807, 2.05) is 35.7 Å². The number of hydrogen-bond donors (Lipinski definition) is 1. The van der Waals surface area contributed by atoms with Gasteiger partial charge in [0.25, 0.3) is 5.56 Å². The van der Waals surface area contributed by atoms with Crippen molar-refractivity contribution < 1.29 is 0 Å². The van der Waals surface area contributed by atoms with E-state index in [0.717, 1.165) is 21.5 Å². The highest BCUT2D eigenvalue weighted by Crippen LogP contribution is 2.31. The molecule has 0 radical (unpaired) electrons. The number of benzene rings is 2. The lowest BCUT2D eigenvalue weighted by atomic mass is 10.0. The van der Waals surface area contributed by atoms with E-state index in [2.05, 4.69) is 42.0 Å². The predicted octanol–water partition coefficient (Wildman–Crippen LogP) is 4.86. The van der Waals surface area contributed by atoms with Crippen LogP contribution in [0.4, 0.5) is 0 Å². The minimum Gasteiger partial charge on any atom is -0.310 e. The van der Waals surface area contributed by atoms with Gasteiger partial charge in [-0.1, -0.05) is 48.5 Å². The molecule has 0 saturated carbocycles. The van der Waals surface area contributed by atoms with Gasteiger partial charge >= 0.3 is 0 Å². The second-order valence-corrected chi connectivity index (χ2v) is 7.16. The number of aryl methyl sites for hydroxylation is 2. The van der Waals surface area contributed by atoms with Crippen molar-refractivity contribution in [2.45, 2.75) is 20.3 Å². The van der Waals surface area contributed by atoms with Crippen molar-refractivity contribution in [1.82, 2.24) is 9.97 Å². The maximum Gasteiger partial charge on any atom is 0.260 e. The number of nitrogens with one attached hydrogen (secondary N) is 1. The molecule has 2 aromatic heterocycles. The Morgan fingerprint density at radius 3 is 2.60 bits per heavy atom. The summed E-state index contributed by atoms with van der Waals surface area (Å²) in [6, 6.07) is 16.4. The highest BCUT2D eigenvalue weighted by Gasteiger charge is 2.13. The zero-order valence-electron chi connectivity index (χ0n) is 14.2. The number of rotatable bonds is 3. The van der Waals surface area contributed by atoms with Crippen molar-refractivity contribution >= 4 is 21.6 Å². The van der Waals surface area contributed by atoms with E-state index >= 15 is 0 Å². The minimum atomic E-state index is -0.0644. The van der Waals surface area contributed by atoms with Crippen LogP contribution in [-0.2, 0) is 6.42 Å². The fourth-order valence-electron chi connectivity index (χ4n) is 2.99. The molecule has 0 fully saturated rings. The normalized spacial score (nSPS) is 11.1. The molecule has 0 unspecified atom stereocenters. The lowest BCUT2D eigenvalue weighted by Crippen LogP contribution is -2.11.